The number of rotatable bonds is 3. The number of hydrogen-bond donors (Lipinski definition) is 1. The maximum Gasteiger partial charge on any atom is 0.240 e. The highest BCUT2D eigenvalue weighted by Gasteiger charge is 2.11. The normalized spacial score (nSPS) is 16.0. The summed E-state index contributed by atoms with van der Waals surface area (Å²) in [5.41, 5.74) is 9.87. The van der Waals surface area contributed by atoms with E-state index in [4.69, 9.17) is 10.5 Å². The Morgan fingerprint density at radius 3 is 2.61 bits per heavy atom. The van der Waals surface area contributed by atoms with Gasteiger partial charge in [0.05, 0.1) is 18.9 Å². The highest BCUT2D eigenvalue weighted by atomic mass is 16.5. The van der Waals surface area contributed by atoms with Crippen LogP contribution in [0.4, 0.5) is 5.95 Å². The number of hydrogen-bond acceptors (Lipinski definition) is 5. The number of nitrogens with zero attached hydrogens (tertiary/aromatic N) is 4. The van der Waals surface area contributed by atoms with Crippen LogP contribution in [0.5, 0.6) is 0 Å². The van der Waals surface area contributed by atoms with Gasteiger partial charge in [0.1, 0.15) is 0 Å². The summed E-state index contributed by atoms with van der Waals surface area (Å²) in [6, 6.07) is 14.5. The summed E-state index contributed by atoms with van der Waals surface area (Å²) in [6.45, 7) is 4.62. The van der Waals surface area contributed by atoms with E-state index in [1.54, 1.807) is 4.52 Å². The largest absolute Gasteiger partial charge is 0.379 e. The number of ether oxygens (including phenoxy) is 1. The van der Waals surface area contributed by atoms with Crippen molar-refractivity contribution in [2.24, 2.45) is 0 Å². The molecule has 3 aromatic rings. The van der Waals surface area contributed by atoms with Crippen molar-refractivity contribution in [1.82, 2.24) is 19.5 Å². The number of nitrogen functional groups attached to an aromatic ring is 1. The molecule has 6 heteroatoms. The highest BCUT2D eigenvalue weighted by molar-refractivity contribution is 5.63. The lowest BCUT2D eigenvalue weighted by Crippen LogP contribution is -2.35. The third-order valence-corrected chi connectivity index (χ3v) is 4.14. The van der Waals surface area contributed by atoms with Gasteiger partial charge in [-0.2, -0.15) is 4.98 Å². The highest BCUT2D eigenvalue weighted by Crippen LogP contribution is 2.21. The zero-order valence-corrected chi connectivity index (χ0v) is 12.9. The number of benzene rings is 1. The lowest BCUT2D eigenvalue weighted by atomic mass is 10.1. The van der Waals surface area contributed by atoms with Gasteiger partial charge in [-0.1, -0.05) is 30.3 Å². The minimum absolute atomic E-state index is 0.293. The van der Waals surface area contributed by atoms with Gasteiger partial charge in [-0.25, -0.2) is 4.52 Å². The summed E-state index contributed by atoms with van der Waals surface area (Å²) in [6.07, 6.45) is 0. The van der Waals surface area contributed by atoms with E-state index >= 15 is 0 Å². The van der Waals surface area contributed by atoms with Crippen LogP contribution in [0, 0.1) is 0 Å². The van der Waals surface area contributed by atoms with Crippen LogP contribution in [0.1, 0.15) is 5.56 Å². The van der Waals surface area contributed by atoms with Crippen molar-refractivity contribution in [2.45, 2.75) is 6.54 Å². The number of pyridine rings is 1. The monoisotopic (exact) mass is 309 g/mol. The van der Waals surface area contributed by atoms with Gasteiger partial charge in [0, 0.05) is 25.2 Å². The molecule has 0 saturated carbocycles. The molecule has 1 aliphatic heterocycles. The molecule has 3 heterocycles. The maximum absolute atomic E-state index is 5.71. The fraction of sp³-hybridized carbons (Fsp3) is 0.294. The fourth-order valence-electron chi connectivity index (χ4n) is 2.94. The Morgan fingerprint density at radius 2 is 1.83 bits per heavy atom. The summed E-state index contributed by atoms with van der Waals surface area (Å²) >= 11 is 0. The van der Waals surface area contributed by atoms with E-state index in [1.165, 1.54) is 5.56 Å². The van der Waals surface area contributed by atoms with E-state index in [0.717, 1.165) is 49.8 Å². The zero-order chi connectivity index (χ0) is 15.6. The molecule has 0 aliphatic carbocycles. The molecular formula is C17H19N5O. The van der Waals surface area contributed by atoms with Crippen LogP contribution in [0.25, 0.3) is 16.9 Å². The number of morpholine rings is 1. The SMILES string of the molecule is Nc1nc2cccc(-c3ccc(CN4CCOCC4)cc3)n2n1. The third kappa shape index (κ3) is 2.91. The van der Waals surface area contributed by atoms with Gasteiger partial charge in [0.2, 0.25) is 5.95 Å². The van der Waals surface area contributed by atoms with E-state index in [2.05, 4.69) is 39.2 Å². The average Bonchev–Trinajstić information content (AvgIpc) is 2.97. The number of aromatic nitrogens is 3. The molecule has 0 unspecified atom stereocenters. The van der Waals surface area contributed by atoms with E-state index in [-0.39, 0.29) is 0 Å². The molecule has 23 heavy (non-hydrogen) atoms. The summed E-state index contributed by atoms with van der Waals surface area (Å²) in [5, 5.41) is 4.27. The van der Waals surface area contributed by atoms with Crippen molar-refractivity contribution >= 4 is 11.6 Å². The number of anilines is 1. The molecule has 6 nitrogen and oxygen atoms in total. The first-order chi connectivity index (χ1) is 11.3. The summed E-state index contributed by atoms with van der Waals surface area (Å²) < 4.78 is 7.17. The Labute approximate surface area is 134 Å². The smallest absolute Gasteiger partial charge is 0.240 e. The molecule has 0 radical (unpaired) electrons. The second-order valence-electron chi connectivity index (χ2n) is 5.74. The molecule has 0 spiro atoms. The van der Waals surface area contributed by atoms with Crippen molar-refractivity contribution < 1.29 is 4.74 Å². The molecule has 0 atom stereocenters. The molecule has 0 amide bonds. The van der Waals surface area contributed by atoms with E-state index in [9.17, 15) is 0 Å². The van der Waals surface area contributed by atoms with E-state index < -0.39 is 0 Å². The minimum atomic E-state index is 0.293. The van der Waals surface area contributed by atoms with Crippen LogP contribution >= 0.6 is 0 Å². The lowest BCUT2D eigenvalue weighted by molar-refractivity contribution is 0.0342. The second-order valence-corrected chi connectivity index (χ2v) is 5.74. The van der Waals surface area contributed by atoms with Crippen molar-refractivity contribution in [3.05, 3.63) is 48.0 Å². The van der Waals surface area contributed by atoms with Gasteiger partial charge in [-0.15, -0.1) is 5.10 Å². The van der Waals surface area contributed by atoms with Gasteiger partial charge in [-0.05, 0) is 17.7 Å². The van der Waals surface area contributed by atoms with E-state index in [1.807, 2.05) is 18.2 Å². The third-order valence-electron chi connectivity index (χ3n) is 4.14. The van der Waals surface area contributed by atoms with Crippen LogP contribution < -0.4 is 5.73 Å². The lowest BCUT2D eigenvalue weighted by Gasteiger charge is -2.26. The Bertz CT molecular complexity index is 805. The van der Waals surface area contributed by atoms with Crippen LogP contribution in [-0.2, 0) is 11.3 Å². The fourth-order valence-corrected chi connectivity index (χ4v) is 2.94. The van der Waals surface area contributed by atoms with Gasteiger partial charge in [-0.3, -0.25) is 4.90 Å². The first-order valence-electron chi connectivity index (χ1n) is 7.80. The second kappa shape index (κ2) is 5.98. The molecular weight excluding hydrogens is 290 g/mol. The summed E-state index contributed by atoms with van der Waals surface area (Å²) in [7, 11) is 0. The Balaban J connectivity index is 1.59. The first-order valence-corrected chi connectivity index (χ1v) is 7.80. The molecule has 1 aliphatic rings. The molecule has 4 rings (SSSR count). The standard InChI is InChI=1S/C17H19N5O/c18-17-19-16-3-1-2-15(22(16)20-17)14-6-4-13(5-7-14)12-21-8-10-23-11-9-21/h1-7H,8-12H2,(H2,18,20). The van der Waals surface area contributed by atoms with Crippen LogP contribution in [0.15, 0.2) is 42.5 Å². The van der Waals surface area contributed by atoms with Crippen LogP contribution in [0.2, 0.25) is 0 Å². The number of nitrogens with two attached hydrogens (primary N) is 1. The van der Waals surface area contributed by atoms with E-state index in [0.29, 0.717) is 5.95 Å². The maximum atomic E-state index is 5.71. The zero-order valence-electron chi connectivity index (χ0n) is 12.9. The molecule has 118 valence electrons. The van der Waals surface area contributed by atoms with Gasteiger partial charge < -0.3 is 10.5 Å². The Morgan fingerprint density at radius 1 is 1.04 bits per heavy atom. The Kier molecular flexibility index (Phi) is 3.69. The minimum Gasteiger partial charge on any atom is -0.379 e. The molecule has 2 N–H and O–H groups in total. The quantitative estimate of drug-likeness (QED) is 0.799. The van der Waals surface area contributed by atoms with Crippen molar-refractivity contribution in [3.63, 3.8) is 0 Å². The average molecular weight is 309 g/mol. The van der Waals surface area contributed by atoms with Crippen molar-refractivity contribution in [3.8, 4) is 11.3 Å². The molecule has 1 fully saturated rings. The van der Waals surface area contributed by atoms with Crippen molar-refractivity contribution in [1.29, 1.82) is 0 Å². The molecule has 2 aromatic heterocycles. The van der Waals surface area contributed by atoms with Crippen LogP contribution in [0.3, 0.4) is 0 Å². The molecule has 1 aromatic carbocycles. The van der Waals surface area contributed by atoms with Crippen LogP contribution in [-0.4, -0.2) is 45.8 Å². The van der Waals surface area contributed by atoms with Crippen molar-refractivity contribution in [2.75, 3.05) is 32.0 Å². The predicted octanol–water partition coefficient (Wildman–Crippen LogP) is 1.81. The Hall–Kier alpha value is -2.44. The topological polar surface area (TPSA) is 68.7 Å². The molecule has 1 saturated heterocycles. The first kappa shape index (κ1) is 14.2. The predicted molar refractivity (Wildman–Crippen MR) is 88.9 cm³/mol. The molecule has 0 bridgehead atoms. The summed E-state index contributed by atoms with van der Waals surface area (Å²) in [5.74, 6) is 0.293. The summed E-state index contributed by atoms with van der Waals surface area (Å²) in [4.78, 5) is 6.62. The van der Waals surface area contributed by atoms with Gasteiger partial charge in [0.15, 0.2) is 5.65 Å². The van der Waals surface area contributed by atoms with Gasteiger partial charge in [0.25, 0.3) is 0 Å². The number of fused-ring (bicyclic) bond motifs is 1. The van der Waals surface area contributed by atoms with Gasteiger partial charge >= 0.3 is 0 Å².